The lowest BCUT2D eigenvalue weighted by atomic mass is 10.1. The summed E-state index contributed by atoms with van der Waals surface area (Å²) in [6.45, 7) is 0. The Labute approximate surface area is 220 Å². The van der Waals surface area contributed by atoms with Crippen LogP contribution in [0.4, 0.5) is 0 Å². The molecule has 8 rings (SSSR count). The largest absolute Gasteiger partial charge is 0.278 e. The third-order valence-electron chi connectivity index (χ3n) is 6.82. The van der Waals surface area contributed by atoms with E-state index >= 15 is 0 Å². The molecule has 0 N–H and O–H groups in total. The van der Waals surface area contributed by atoms with E-state index in [2.05, 4.69) is 50.9 Å². The van der Waals surface area contributed by atoms with Gasteiger partial charge in [0, 0.05) is 38.2 Å². The van der Waals surface area contributed by atoms with Crippen molar-refractivity contribution in [2.24, 2.45) is 0 Å². The van der Waals surface area contributed by atoms with Gasteiger partial charge >= 0.3 is 0 Å². The third kappa shape index (κ3) is 3.22. The first-order valence-electron chi connectivity index (χ1n) is 12.3. The molecule has 0 spiro atoms. The highest BCUT2D eigenvalue weighted by atomic mass is 32.1. The van der Waals surface area contributed by atoms with Crippen LogP contribution in [-0.2, 0) is 0 Å². The van der Waals surface area contributed by atoms with Crippen LogP contribution in [0.5, 0.6) is 0 Å². The lowest BCUT2D eigenvalue weighted by molar-refractivity contribution is 0.954. The maximum atomic E-state index is 5.02. The summed E-state index contributed by atoms with van der Waals surface area (Å²) in [5.41, 5.74) is 4.92. The molecule has 0 radical (unpaired) electrons. The van der Waals surface area contributed by atoms with Gasteiger partial charge in [-0.05, 0) is 18.2 Å². The zero-order valence-electron chi connectivity index (χ0n) is 20.0. The summed E-state index contributed by atoms with van der Waals surface area (Å²) < 4.78 is 4.40. The van der Waals surface area contributed by atoms with Gasteiger partial charge in [0.05, 0.1) is 21.3 Å². The van der Waals surface area contributed by atoms with E-state index in [0.717, 1.165) is 48.5 Å². The van der Waals surface area contributed by atoms with Gasteiger partial charge in [-0.3, -0.25) is 4.57 Å². The minimum Gasteiger partial charge on any atom is -0.278 e. The molecule has 4 aromatic carbocycles. The molecule has 0 saturated heterocycles. The predicted molar refractivity (Wildman–Crippen MR) is 154 cm³/mol. The second-order valence-corrected chi connectivity index (χ2v) is 10.2. The molecule has 0 amide bonds. The van der Waals surface area contributed by atoms with Crippen molar-refractivity contribution >= 4 is 53.4 Å². The van der Waals surface area contributed by atoms with E-state index in [4.69, 9.17) is 15.0 Å². The van der Waals surface area contributed by atoms with Crippen molar-refractivity contribution < 1.29 is 0 Å². The zero-order valence-corrected chi connectivity index (χ0v) is 20.8. The van der Waals surface area contributed by atoms with Gasteiger partial charge in [-0.15, -0.1) is 11.3 Å². The number of rotatable bonds is 3. The van der Waals surface area contributed by atoms with Gasteiger partial charge in [0.15, 0.2) is 11.6 Å². The highest BCUT2D eigenvalue weighted by molar-refractivity contribution is 7.25. The highest BCUT2D eigenvalue weighted by Gasteiger charge is 2.19. The van der Waals surface area contributed by atoms with Crippen LogP contribution in [0.15, 0.2) is 110 Å². The predicted octanol–water partition coefficient (Wildman–Crippen LogP) is 7.46. The summed E-state index contributed by atoms with van der Waals surface area (Å²) in [6, 6.07) is 33.0. The number of fused-ring (bicyclic) bond motifs is 6. The summed E-state index contributed by atoms with van der Waals surface area (Å²) in [6.07, 6.45) is 3.49. The van der Waals surface area contributed by atoms with Gasteiger partial charge in [0.2, 0.25) is 5.95 Å². The first-order chi connectivity index (χ1) is 18.8. The molecule has 0 saturated carbocycles. The Morgan fingerprint density at radius 1 is 0.579 bits per heavy atom. The summed E-state index contributed by atoms with van der Waals surface area (Å²) in [4.78, 5) is 23.7. The lowest BCUT2D eigenvalue weighted by Crippen LogP contribution is -2.06. The monoisotopic (exact) mass is 506 g/mol. The van der Waals surface area contributed by atoms with E-state index in [1.165, 1.54) is 4.70 Å². The van der Waals surface area contributed by atoms with Crippen LogP contribution >= 0.6 is 11.3 Å². The smallest absolute Gasteiger partial charge is 0.238 e. The van der Waals surface area contributed by atoms with Crippen molar-refractivity contribution in [2.75, 3.05) is 0 Å². The van der Waals surface area contributed by atoms with Crippen molar-refractivity contribution in [3.8, 4) is 28.7 Å². The van der Waals surface area contributed by atoms with Crippen molar-refractivity contribution in [2.45, 2.75) is 0 Å². The van der Waals surface area contributed by atoms with Crippen LogP contribution in [-0.4, -0.2) is 29.5 Å². The van der Waals surface area contributed by atoms with Gasteiger partial charge in [-0.2, -0.15) is 9.97 Å². The number of nitrogens with zero attached hydrogens (tertiary/aromatic N) is 6. The van der Waals surface area contributed by atoms with Gasteiger partial charge in [0.25, 0.3) is 0 Å². The van der Waals surface area contributed by atoms with Crippen LogP contribution in [0.3, 0.4) is 0 Å². The average molecular weight is 507 g/mol. The molecule has 178 valence electrons. The second kappa shape index (κ2) is 8.26. The average Bonchev–Trinajstić information content (AvgIpc) is 3.51. The van der Waals surface area contributed by atoms with Gasteiger partial charge in [-0.1, -0.05) is 78.9 Å². The molecule has 0 aliphatic carbocycles. The molecule has 4 aromatic heterocycles. The molecule has 0 bridgehead atoms. The highest BCUT2D eigenvalue weighted by Crippen LogP contribution is 2.39. The molecular formula is C31H18N6S. The maximum absolute atomic E-state index is 5.02. The van der Waals surface area contributed by atoms with E-state index in [0.29, 0.717) is 17.6 Å². The molecule has 0 fully saturated rings. The molecule has 0 unspecified atom stereocenters. The molecule has 0 atom stereocenters. The fourth-order valence-electron chi connectivity index (χ4n) is 5.09. The van der Waals surface area contributed by atoms with Crippen molar-refractivity contribution in [3.63, 3.8) is 0 Å². The minimum atomic E-state index is 0.581. The summed E-state index contributed by atoms with van der Waals surface area (Å²) in [5, 5.41) is 3.40. The second-order valence-electron chi connectivity index (χ2n) is 9.07. The molecule has 7 heteroatoms. The zero-order chi connectivity index (χ0) is 25.1. The molecular weight excluding hydrogens is 488 g/mol. The first-order valence-corrected chi connectivity index (χ1v) is 13.1. The van der Waals surface area contributed by atoms with Crippen LogP contribution in [0.25, 0.3) is 70.8 Å². The Morgan fingerprint density at radius 3 is 2.00 bits per heavy atom. The van der Waals surface area contributed by atoms with Gasteiger partial charge in [0.1, 0.15) is 6.33 Å². The molecule has 0 aliphatic heterocycles. The Kier molecular flexibility index (Phi) is 4.59. The standard InChI is InChI=1S/C31H18N6S/c1-3-9-19(10-4-1)29-34-30(20-11-5-2-6-12-20)36-31(35-29)37-24-14-8-7-13-21(24)22-16-26-23(15-25(22)37)28-27(38-26)17-32-18-33-28/h1-18H. The molecule has 4 heterocycles. The fourth-order valence-corrected chi connectivity index (χ4v) is 6.14. The normalized spacial score (nSPS) is 11.7. The topological polar surface area (TPSA) is 69.4 Å². The summed E-state index contributed by atoms with van der Waals surface area (Å²) in [7, 11) is 0. The number of thiophene rings is 1. The molecule has 0 aliphatic rings. The number of hydrogen-bond donors (Lipinski definition) is 0. The number of benzene rings is 4. The Balaban J connectivity index is 1.49. The minimum absolute atomic E-state index is 0.581. The Morgan fingerprint density at radius 2 is 1.26 bits per heavy atom. The van der Waals surface area contributed by atoms with E-state index < -0.39 is 0 Å². The lowest BCUT2D eigenvalue weighted by Gasteiger charge is -2.11. The van der Waals surface area contributed by atoms with Crippen molar-refractivity contribution in [1.82, 2.24) is 29.5 Å². The SMILES string of the molecule is c1ccc(-c2nc(-c3ccccc3)nc(-n3c4ccccc4c4cc5sc6cncnc6c5cc43)n2)cc1. The van der Waals surface area contributed by atoms with Gasteiger partial charge < -0.3 is 0 Å². The molecule has 38 heavy (non-hydrogen) atoms. The Bertz CT molecular complexity index is 2070. The fraction of sp³-hybridized carbons (Fsp3) is 0. The van der Waals surface area contributed by atoms with E-state index in [1.807, 2.05) is 66.9 Å². The van der Waals surface area contributed by atoms with E-state index in [-0.39, 0.29) is 0 Å². The number of aromatic nitrogens is 6. The van der Waals surface area contributed by atoms with Crippen LogP contribution < -0.4 is 0 Å². The third-order valence-corrected chi connectivity index (χ3v) is 7.89. The molecule has 8 aromatic rings. The summed E-state index contributed by atoms with van der Waals surface area (Å²) >= 11 is 1.71. The van der Waals surface area contributed by atoms with Crippen molar-refractivity contribution in [3.05, 3.63) is 110 Å². The van der Waals surface area contributed by atoms with Crippen LogP contribution in [0.1, 0.15) is 0 Å². The van der Waals surface area contributed by atoms with E-state index in [9.17, 15) is 0 Å². The summed E-state index contributed by atoms with van der Waals surface area (Å²) in [5.74, 6) is 1.85. The van der Waals surface area contributed by atoms with E-state index in [1.54, 1.807) is 17.7 Å². The van der Waals surface area contributed by atoms with Gasteiger partial charge in [-0.25, -0.2) is 15.0 Å². The quantitative estimate of drug-likeness (QED) is 0.249. The van der Waals surface area contributed by atoms with Crippen LogP contribution in [0.2, 0.25) is 0 Å². The molecule has 6 nitrogen and oxygen atoms in total. The number of hydrogen-bond acceptors (Lipinski definition) is 6. The number of para-hydroxylation sites is 1. The van der Waals surface area contributed by atoms with Crippen molar-refractivity contribution in [1.29, 1.82) is 0 Å². The Hall–Kier alpha value is -5.01. The maximum Gasteiger partial charge on any atom is 0.238 e. The first kappa shape index (κ1) is 21.1. The van der Waals surface area contributed by atoms with Crippen LogP contribution in [0, 0.1) is 0 Å².